The highest BCUT2D eigenvalue weighted by Crippen LogP contribution is 2.30. The Morgan fingerprint density at radius 2 is 2.05 bits per heavy atom. The van der Waals surface area contributed by atoms with Crippen LogP contribution in [0.4, 0.5) is 0 Å². The van der Waals surface area contributed by atoms with Crippen LogP contribution in [-0.4, -0.2) is 21.7 Å². The van der Waals surface area contributed by atoms with Crippen LogP contribution in [0.5, 0.6) is 5.75 Å². The molecule has 114 valence electrons. The Kier molecular flexibility index (Phi) is 3.94. The van der Waals surface area contributed by atoms with Gasteiger partial charge in [-0.1, -0.05) is 0 Å². The van der Waals surface area contributed by atoms with E-state index in [0.717, 1.165) is 39.7 Å². The molecule has 1 amide bonds. The van der Waals surface area contributed by atoms with Crippen LogP contribution in [0, 0.1) is 12.8 Å². The van der Waals surface area contributed by atoms with Crippen molar-refractivity contribution in [2.24, 2.45) is 11.0 Å². The Labute approximate surface area is 132 Å². The molecule has 1 aromatic heterocycles. The van der Waals surface area contributed by atoms with E-state index in [4.69, 9.17) is 0 Å². The van der Waals surface area contributed by atoms with Crippen molar-refractivity contribution in [2.45, 2.75) is 26.7 Å². The van der Waals surface area contributed by atoms with Gasteiger partial charge in [0.25, 0.3) is 0 Å². The number of hydrazone groups is 1. The number of hydrogen-bond acceptors (Lipinski definition) is 5. The number of carbonyl (C=O) groups excluding carboxylic acids is 1. The van der Waals surface area contributed by atoms with E-state index in [1.807, 2.05) is 26.0 Å². The van der Waals surface area contributed by atoms with Crippen molar-refractivity contribution < 1.29 is 9.90 Å². The van der Waals surface area contributed by atoms with Crippen LogP contribution in [-0.2, 0) is 4.79 Å². The molecule has 0 atom stereocenters. The second-order valence-electron chi connectivity index (χ2n) is 5.43. The van der Waals surface area contributed by atoms with Crippen LogP contribution in [0.3, 0.4) is 0 Å². The van der Waals surface area contributed by atoms with Crippen LogP contribution in [0.15, 0.2) is 29.4 Å². The topological polar surface area (TPSA) is 74.6 Å². The van der Waals surface area contributed by atoms with Crippen LogP contribution in [0.25, 0.3) is 10.6 Å². The van der Waals surface area contributed by atoms with Gasteiger partial charge in [0.2, 0.25) is 5.91 Å². The molecule has 1 heterocycles. The van der Waals surface area contributed by atoms with Gasteiger partial charge in [0.15, 0.2) is 0 Å². The average Bonchev–Trinajstić information content (AvgIpc) is 3.28. The van der Waals surface area contributed by atoms with E-state index in [9.17, 15) is 9.90 Å². The molecule has 3 rings (SSSR count). The minimum atomic E-state index is 0.000256. The van der Waals surface area contributed by atoms with Gasteiger partial charge in [-0.25, -0.2) is 10.4 Å². The first-order chi connectivity index (χ1) is 10.5. The van der Waals surface area contributed by atoms with Crippen LogP contribution >= 0.6 is 11.3 Å². The number of phenols is 1. The molecule has 1 saturated carbocycles. The maximum Gasteiger partial charge on any atom is 0.243 e. The summed E-state index contributed by atoms with van der Waals surface area (Å²) in [5.74, 6) is 0.379. The number of hydrogen-bond donors (Lipinski definition) is 2. The average molecular weight is 315 g/mol. The van der Waals surface area contributed by atoms with Crippen molar-refractivity contribution in [3.8, 4) is 16.3 Å². The number of aryl methyl sites for hydroxylation is 1. The molecule has 0 radical (unpaired) electrons. The monoisotopic (exact) mass is 315 g/mol. The number of thiazole rings is 1. The standard InChI is InChI=1S/C16H17N3O2S/c1-9-14(10(2)18-19-15(21)11-3-4-11)22-16(17-9)12-5-7-13(20)8-6-12/h5-8,11,20H,3-4H2,1-2H3,(H,19,21)/b18-10+. The number of nitrogens with zero attached hydrogens (tertiary/aromatic N) is 2. The van der Waals surface area contributed by atoms with Gasteiger partial charge in [-0.15, -0.1) is 11.3 Å². The molecule has 22 heavy (non-hydrogen) atoms. The molecule has 1 fully saturated rings. The summed E-state index contributed by atoms with van der Waals surface area (Å²) in [6, 6.07) is 6.95. The van der Waals surface area contributed by atoms with E-state index in [2.05, 4.69) is 15.5 Å². The Balaban J connectivity index is 1.80. The van der Waals surface area contributed by atoms with E-state index in [-0.39, 0.29) is 17.6 Å². The minimum Gasteiger partial charge on any atom is -0.508 e. The zero-order valence-electron chi connectivity index (χ0n) is 12.5. The predicted octanol–water partition coefficient (Wildman–Crippen LogP) is 3.07. The lowest BCUT2D eigenvalue weighted by atomic mass is 10.2. The van der Waals surface area contributed by atoms with Gasteiger partial charge in [0.1, 0.15) is 10.8 Å². The molecule has 1 aliphatic carbocycles. The number of phenolic OH excluding ortho intramolecular Hbond substituents is 1. The fourth-order valence-corrected chi connectivity index (χ4v) is 3.10. The van der Waals surface area contributed by atoms with E-state index in [1.165, 1.54) is 11.3 Å². The van der Waals surface area contributed by atoms with Gasteiger partial charge in [-0.05, 0) is 51.0 Å². The highest BCUT2D eigenvalue weighted by atomic mass is 32.1. The third-order valence-corrected chi connectivity index (χ3v) is 4.84. The summed E-state index contributed by atoms with van der Waals surface area (Å²) in [5.41, 5.74) is 5.21. The molecule has 0 unspecified atom stereocenters. The van der Waals surface area contributed by atoms with Crippen molar-refractivity contribution in [2.75, 3.05) is 0 Å². The van der Waals surface area contributed by atoms with Gasteiger partial charge < -0.3 is 5.11 Å². The highest BCUT2D eigenvalue weighted by Gasteiger charge is 2.29. The van der Waals surface area contributed by atoms with Crippen LogP contribution in [0.1, 0.15) is 30.3 Å². The summed E-state index contributed by atoms with van der Waals surface area (Å²) >= 11 is 1.53. The first-order valence-electron chi connectivity index (χ1n) is 7.16. The van der Waals surface area contributed by atoms with Gasteiger partial charge in [0.05, 0.1) is 16.3 Å². The number of nitrogens with one attached hydrogen (secondary N) is 1. The van der Waals surface area contributed by atoms with Crippen LogP contribution < -0.4 is 5.43 Å². The third kappa shape index (κ3) is 3.17. The van der Waals surface area contributed by atoms with Gasteiger partial charge in [0, 0.05) is 11.5 Å². The molecular weight excluding hydrogens is 298 g/mol. The number of benzene rings is 1. The maximum atomic E-state index is 11.6. The smallest absolute Gasteiger partial charge is 0.243 e. The van der Waals surface area contributed by atoms with Gasteiger partial charge >= 0.3 is 0 Å². The summed E-state index contributed by atoms with van der Waals surface area (Å²) in [5, 5.41) is 14.4. The molecule has 0 bridgehead atoms. The number of amides is 1. The number of aromatic nitrogens is 1. The molecular formula is C16H17N3O2S. The van der Waals surface area contributed by atoms with E-state index in [0.29, 0.717) is 0 Å². The highest BCUT2D eigenvalue weighted by molar-refractivity contribution is 7.17. The SMILES string of the molecule is C/C(=N\NC(=O)C1CC1)c1sc(-c2ccc(O)cc2)nc1C. The quantitative estimate of drug-likeness (QED) is 0.672. The molecule has 2 N–H and O–H groups in total. The van der Waals surface area contributed by atoms with Crippen LogP contribution in [0.2, 0.25) is 0 Å². The predicted molar refractivity (Wildman–Crippen MR) is 87.0 cm³/mol. The molecule has 6 heteroatoms. The molecule has 0 aliphatic heterocycles. The maximum absolute atomic E-state index is 11.6. The fourth-order valence-electron chi connectivity index (χ4n) is 2.09. The molecule has 0 saturated heterocycles. The summed E-state index contributed by atoms with van der Waals surface area (Å²) in [6.07, 6.45) is 1.93. The first kappa shape index (κ1) is 14.7. The normalized spacial score (nSPS) is 14.9. The molecule has 1 aromatic carbocycles. The summed E-state index contributed by atoms with van der Waals surface area (Å²) in [4.78, 5) is 17.1. The fraction of sp³-hybridized carbons (Fsp3) is 0.312. The Morgan fingerprint density at radius 1 is 1.36 bits per heavy atom. The second-order valence-corrected chi connectivity index (χ2v) is 6.43. The lowest BCUT2D eigenvalue weighted by Crippen LogP contribution is -2.20. The zero-order valence-corrected chi connectivity index (χ0v) is 13.3. The number of aromatic hydroxyl groups is 1. The van der Waals surface area contributed by atoms with E-state index >= 15 is 0 Å². The molecule has 2 aromatic rings. The molecule has 1 aliphatic rings. The van der Waals surface area contributed by atoms with Crippen molar-refractivity contribution >= 4 is 23.0 Å². The summed E-state index contributed by atoms with van der Waals surface area (Å²) in [7, 11) is 0. The van der Waals surface area contributed by atoms with Crippen molar-refractivity contribution in [1.29, 1.82) is 0 Å². The third-order valence-electron chi connectivity index (χ3n) is 3.52. The zero-order chi connectivity index (χ0) is 15.7. The summed E-state index contributed by atoms with van der Waals surface area (Å²) in [6.45, 7) is 3.80. The Hall–Kier alpha value is -2.21. The van der Waals surface area contributed by atoms with Crippen molar-refractivity contribution in [3.63, 3.8) is 0 Å². The minimum absolute atomic E-state index is 0.000256. The van der Waals surface area contributed by atoms with Gasteiger partial charge in [-0.2, -0.15) is 5.10 Å². The van der Waals surface area contributed by atoms with Gasteiger partial charge in [-0.3, -0.25) is 4.79 Å². The number of rotatable bonds is 4. The van der Waals surface area contributed by atoms with Crippen molar-refractivity contribution in [1.82, 2.24) is 10.4 Å². The molecule has 5 nitrogen and oxygen atoms in total. The second kappa shape index (κ2) is 5.88. The Bertz CT molecular complexity index is 730. The number of carbonyl (C=O) groups is 1. The van der Waals surface area contributed by atoms with E-state index in [1.54, 1.807) is 12.1 Å². The largest absolute Gasteiger partial charge is 0.508 e. The summed E-state index contributed by atoms with van der Waals surface area (Å²) < 4.78 is 0. The lowest BCUT2D eigenvalue weighted by molar-refractivity contribution is -0.122. The first-order valence-corrected chi connectivity index (χ1v) is 7.97. The molecule has 0 spiro atoms. The van der Waals surface area contributed by atoms with E-state index < -0.39 is 0 Å². The Morgan fingerprint density at radius 3 is 2.68 bits per heavy atom. The van der Waals surface area contributed by atoms with Crippen molar-refractivity contribution in [3.05, 3.63) is 34.8 Å². The lowest BCUT2D eigenvalue weighted by Gasteiger charge is -2.00.